The van der Waals surface area contributed by atoms with Gasteiger partial charge in [-0.3, -0.25) is 4.31 Å². The molecule has 2 aromatic heterocycles. The summed E-state index contributed by atoms with van der Waals surface area (Å²) < 4.78 is 32.6. The molecule has 0 saturated carbocycles. The van der Waals surface area contributed by atoms with E-state index in [1.54, 1.807) is 37.5 Å². The second-order valence-electron chi connectivity index (χ2n) is 5.77. The highest BCUT2D eigenvalue weighted by atomic mass is 32.2. The summed E-state index contributed by atoms with van der Waals surface area (Å²) in [7, 11) is -3.67. The minimum atomic E-state index is -3.67. The van der Waals surface area contributed by atoms with E-state index >= 15 is 0 Å². The number of pyridine rings is 1. The Hall–Kier alpha value is -2.80. The van der Waals surface area contributed by atoms with Crippen molar-refractivity contribution < 1.29 is 12.8 Å². The van der Waals surface area contributed by atoms with E-state index in [4.69, 9.17) is 4.42 Å². The lowest BCUT2D eigenvalue weighted by Gasteiger charge is -2.22. The van der Waals surface area contributed by atoms with Crippen molar-refractivity contribution in [1.29, 1.82) is 0 Å². The van der Waals surface area contributed by atoms with E-state index in [0.29, 0.717) is 18.1 Å². The molecule has 3 rings (SSSR count). The Balaban J connectivity index is 1.80. The van der Waals surface area contributed by atoms with Crippen molar-refractivity contribution >= 4 is 21.5 Å². The summed E-state index contributed by atoms with van der Waals surface area (Å²) in [6.45, 7) is 4.08. The summed E-state index contributed by atoms with van der Waals surface area (Å²) in [5, 5.41) is 3.18. The quantitative estimate of drug-likeness (QED) is 0.678. The predicted molar refractivity (Wildman–Crippen MR) is 102 cm³/mol. The molecule has 0 fully saturated rings. The van der Waals surface area contributed by atoms with Gasteiger partial charge in [0.05, 0.1) is 18.0 Å². The number of furan rings is 1. The van der Waals surface area contributed by atoms with E-state index in [1.807, 2.05) is 37.3 Å². The Bertz CT molecular complexity index is 924. The van der Waals surface area contributed by atoms with Crippen molar-refractivity contribution in [3.05, 3.63) is 72.8 Å². The number of aromatic nitrogens is 1. The Morgan fingerprint density at radius 1 is 1.12 bits per heavy atom. The number of nitrogens with zero attached hydrogens (tertiary/aromatic N) is 2. The number of sulfonamides is 1. The first-order chi connectivity index (χ1) is 12.5. The molecular weight excluding hydrogens is 350 g/mol. The van der Waals surface area contributed by atoms with E-state index in [-0.39, 0.29) is 10.9 Å². The molecule has 7 heteroatoms. The van der Waals surface area contributed by atoms with E-state index in [1.165, 1.54) is 10.5 Å². The zero-order valence-electron chi connectivity index (χ0n) is 14.7. The predicted octanol–water partition coefficient (Wildman–Crippen LogP) is 4.06. The molecule has 0 aliphatic carbocycles. The Labute approximate surface area is 153 Å². The van der Waals surface area contributed by atoms with Gasteiger partial charge in [0.15, 0.2) is 0 Å². The van der Waals surface area contributed by atoms with Crippen molar-refractivity contribution in [2.75, 3.05) is 16.2 Å². The lowest BCUT2D eigenvalue weighted by atomic mass is 10.2. The van der Waals surface area contributed by atoms with Crippen molar-refractivity contribution in [1.82, 2.24) is 4.98 Å². The molecule has 2 heterocycles. The highest BCUT2D eigenvalue weighted by molar-refractivity contribution is 7.92. The minimum Gasteiger partial charge on any atom is -0.467 e. The zero-order valence-corrected chi connectivity index (χ0v) is 15.5. The van der Waals surface area contributed by atoms with Crippen LogP contribution in [0.25, 0.3) is 0 Å². The average Bonchev–Trinajstić information content (AvgIpc) is 3.18. The Kier molecular flexibility index (Phi) is 5.27. The molecule has 0 bridgehead atoms. The topological polar surface area (TPSA) is 75.4 Å². The van der Waals surface area contributed by atoms with E-state index in [9.17, 15) is 8.42 Å². The second kappa shape index (κ2) is 7.61. The van der Waals surface area contributed by atoms with Gasteiger partial charge in [-0.15, -0.1) is 0 Å². The highest BCUT2D eigenvalue weighted by Crippen LogP contribution is 2.24. The molecule has 0 unspecified atom stereocenters. The fourth-order valence-corrected chi connectivity index (χ4v) is 4.08. The third-order valence-corrected chi connectivity index (χ3v) is 5.88. The van der Waals surface area contributed by atoms with Gasteiger partial charge in [0, 0.05) is 12.7 Å². The number of para-hydroxylation sites is 1. The molecule has 0 radical (unpaired) electrons. The maximum absolute atomic E-state index is 12.9. The smallest absolute Gasteiger partial charge is 0.265 e. The van der Waals surface area contributed by atoms with Crippen LogP contribution in [0, 0.1) is 0 Å². The number of nitrogens with one attached hydrogen (secondary N) is 1. The van der Waals surface area contributed by atoms with Crippen LogP contribution in [0.1, 0.15) is 25.6 Å². The normalized spacial score (nSPS) is 12.5. The lowest BCUT2D eigenvalue weighted by Crippen LogP contribution is -2.30. The fourth-order valence-electron chi connectivity index (χ4n) is 2.66. The molecular formula is C19H21N3O3S. The summed E-state index contributed by atoms with van der Waals surface area (Å²) in [6.07, 6.45) is 2.98. The molecule has 1 aromatic carbocycles. The molecule has 0 aliphatic heterocycles. The monoisotopic (exact) mass is 371 g/mol. The molecule has 136 valence electrons. The molecule has 0 aliphatic rings. The van der Waals surface area contributed by atoms with Gasteiger partial charge in [0.2, 0.25) is 0 Å². The third-order valence-electron chi connectivity index (χ3n) is 3.99. The van der Waals surface area contributed by atoms with Gasteiger partial charge in [-0.2, -0.15) is 0 Å². The van der Waals surface area contributed by atoms with E-state index in [2.05, 4.69) is 10.3 Å². The van der Waals surface area contributed by atoms with E-state index < -0.39 is 10.0 Å². The summed E-state index contributed by atoms with van der Waals surface area (Å²) in [5.41, 5.74) is 0.628. The van der Waals surface area contributed by atoms with Crippen LogP contribution in [0.3, 0.4) is 0 Å². The highest BCUT2D eigenvalue weighted by Gasteiger charge is 2.24. The second-order valence-corrected chi connectivity index (χ2v) is 7.63. The zero-order chi connectivity index (χ0) is 18.6. The van der Waals surface area contributed by atoms with Crippen LogP contribution in [0.5, 0.6) is 0 Å². The Morgan fingerprint density at radius 3 is 2.46 bits per heavy atom. The van der Waals surface area contributed by atoms with Gasteiger partial charge in [-0.25, -0.2) is 13.4 Å². The van der Waals surface area contributed by atoms with Gasteiger partial charge >= 0.3 is 0 Å². The van der Waals surface area contributed by atoms with Gasteiger partial charge in [-0.1, -0.05) is 18.2 Å². The molecule has 3 aromatic rings. The van der Waals surface area contributed by atoms with Crippen LogP contribution in [-0.4, -0.2) is 19.9 Å². The standard InChI is InChI=1S/C19H21N3O3S/c1-3-22(16-8-5-4-6-9-16)26(23,24)17-11-12-19(20-14-17)21-15(2)18-10-7-13-25-18/h4-15H,3H2,1-2H3,(H,20,21)/t15-/m0/s1. The van der Waals surface area contributed by atoms with Crippen LogP contribution in [0.2, 0.25) is 0 Å². The van der Waals surface area contributed by atoms with Gasteiger partial charge in [0.25, 0.3) is 10.0 Å². The molecule has 0 spiro atoms. The number of hydrogen-bond donors (Lipinski definition) is 1. The molecule has 1 atom stereocenters. The molecule has 0 amide bonds. The van der Waals surface area contributed by atoms with Crippen molar-refractivity contribution in [2.45, 2.75) is 24.8 Å². The van der Waals surface area contributed by atoms with Crippen molar-refractivity contribution in [3.8, 4) is 0 Å². The van der Waals surface area contributed by atoms with Crippen LogP contribution in [0.15, 0.2) is 76.4 Å². The number of benzene rings is 1. The SMILES string of the molecule is CCN(c1ccccc1)S(=O)(=O)c1ccc(N[C@@H](C)c2ccco2)nc1. The number of anilines is 2. The maximum Gasteiger partial charge on any atom is 0.265 e. The van der Waals surface area contributed by atoms with Crippen LogP contribution in [-0.2, 0) is 10.0 Å². The molecule has 1 N–H and O–H groups in total. The molecule has 0 saturated heterocycles. The lowest BCUT2D eigenvalue weighted by molar-refractivity contribution is 0.490. The number of rotatable bonds is 7. The Morgan fingerprint density at radius 2 is 1.88 bits per heavy atom. The maximum atomic E-state index is 12.9. The molecule has 6 nitrogen and oxygen atoms in total. The van der Waals surface area contributed by atoms with E-state index in [0.717, 1.165) is 5.76 Å². The largest absolute Gasteiger partial charge is 0.467 e. The fraction of sp³-hybridized carbons (Fsp3) is 0.211. The third kappa shape index (κ3) is 3.72. The van der Waals surface area contributed by atoms with Crippen LogP contribution >= 0.6 is 0 Å². The van der Waals surface area contributed by atoms with Gasteiger partial charge in [0.1, 0.15) is 16.5 Å². The van der Waals surface area contributed by atoms with Gasteiger partial charge in [-0.05, 0) is 50.2 Å². The first-order valence-electron chi connectivity index (χ1n) is 8.36. The van der Waals surface area contributed by atoms with Crippen molar-refractivity contribution in [2.24, 2.45) is 0 Å². The first-order valence-corrected chi connectivity index (χ1v) is 9.80. The summed E-state index contributed by atoms with van der Waals surface area (Å²) in [6, 6.07) is 15.9. The summed E-state index contributed by atoms with van der Waals surface area (Å²) in [5.74, 6) is 1.36. The van der Waals surface area contributed by atoms with Crippen molar-refractivity contribution in [3.63, 3.8) is 0 Å². The number of hydrogen-bond acceptors (Lipinski definition) is 5. The molecule has 26 heavy (non-hydrogen) atoms. The average molecular weight is 371 g/mol. The first kappa shape index (κ1) is 18.0. The van der Waals surface area contributed by atoms with Gasteiger partial charge < -0.3 is 9.73 Å². The summed E-state index contributed by atoms with van der Waals surface area (Å²) >= 11 is 0. The van der Waals surface area contributed by atoms with Crippen LogP contribution in [0.4, 0.5) is 11.5 Å². The summed E-state index contributed by atoms with van der Waals surface area (Å²) in [4.78, 5) is 4.40. The van der Waals surface area contributed by atoms with Crippen LogP contribution < -0.4 is 9.62 Å². The minimum absolute atomic E-state index is 0.0728.